The molecule has 0 aliphatic carbocycles. The zero-order valence-corrected chi connectivity index (χ0v) is 13.6. The molecule has 0 spiro atoms. The molecule has 0 bridgehead atoms. The summed E-state index contributed by atoms with van der Waals surface area (Å²) in [5.41, 5.74) is 0. The Balaban J connectivity index is 2.40. The van der Waals surface area contributed by atoms with Gasteiger partial charge in [0.05, 0.1) is 5.02 Å². The normalized spacial score (nSPS) is 11.4. The van der Waals surface area contributed by atoms with Crippen LogP contribution in [0.25, 0.3) is 0 Å². The number of rotatable bonds is 3. The molecular formula is C12H7BrCl2O4S. The first-order valence-electron chi connectivity index (χ1n) is 5.17. The van der Waals surface area contributed by atoms with Gasteiger partial charge < -0.3 is 4.74 Å². The first-order valence-corrected chi connectivity index (χ1v) is 8.16. The maximum Gasteiger partial charge on any atom is 0.295 e. The zero-order chi connectivity index (χ0) is 14.9. The second-order valence-corrected chi connectivity index (χ2v) is 6.83. The summed E-state index contributed by atoms with van der Waals surface area (Å²) < 4.78 is 37.2. The summed E-state index contributed by atoms with van der Waals surface area (Å²) in [5.74, 6) is 0.532. The maximum absolute atomic E-state index is 11.2. The van der Waals surface area contributed by atoms with E-state index in [1.807, 2.05) is 0 Å². The summed E-state index contributed by atoms with van der Waals surface area (Å²) in [7, 11) is -4.35. The number of benzene rings is 2. The number of ether oxygens (including phenoxy) is 1. The Hall–Kier alpha value is -0.790. The predicted octanol–water partition coefficient (Wildman–Crippen LogP) is 4.79. The van der Waals surface area contributed by atoms with E-state index < -0.39 is 10.1 Å². The van der Waals surface area contributed by atoms with Crippen molar-refractivity contribution < 1.29 is 17.7 Å². The van der Waals surface area contributed by atoms with Crippen molar-refractivity contribution in [3.8, 4) is 11.5 Å². The van der Waals surface area contributed by atoms with Gasteiger partial charge >= 0.3 is 0 Å². The molecule has 0 aliphatic heterocycles. The highest BCUT2D eigenvalue weighted by Gasteiger charge is 2.16. The molecule has 2 rings (SSSR count). The topological polar surface area (TPSA) is 63.6 Å². The molecule has 0 atom stereocenters. The quantitative estimate of drug-likeness (QED) is 0.756. The number of hydrogen-bond donors (Lipinski definition) is 1. The third-order valence-electron chi connectivity index (χ3n) is 2.30. The van der Waals surface area contributed by atoms with E-state index in [1.54, 1.807) is 12.1 Å². The summed E-state index contributed by atoms with van der Waals surface area (Å²) >= 11 is 14.8. The summed E-state index contributed by atoms with van der Waals surface area (Å²) in [6, 6.07) is 8.81. The van der Waals surface area contributed by atoms with E-state index in [0.717, 1.165) is 0 Å². The number of hydrogen-bond acceptors (Lipinski definition) is 3. The van der Waals surface area contributed by atoms with E-state index in [2.05, 4.69) is 15.9 Å². The van der Waals surface area contributed by atoms with Crippen molar-refractivity contribution in [2.24, 2.45) is 0 Å². The number of halogens is 3. The van der Waals surface area contributed by atoms with Crippen LogP contribution in [0.5, 0.6) is 11.5 Å². The van der Waals surface area contributed by atoms with Crippen molar-refractivity contribution in [3.05, 3.63) is 50.9 Å². The van der Waals surface area contributed by atoms with Crippen LogP contribution in [0.2, 0.25) is 10.0 Å². The van der Waals surface area contributed by atoms with Crippen LogP contribution < -0.4 is 4.74 Å². The lowest BCUT2D eigenvalue weighted by atomic mass is 10.3. The van der Waals surface area contributed by atoms with Crippen LogP contribution in [0, 0.1) is 0 Å². The molecule has 106 valence electrons. The standard InChI is InChI=1S/C12H7BrCl2O4S/c13-9-3-2-8(6-12(9)20(16,17)18)19-11-4-1-7(14)5-10(11)15/h1-6H,(H,16,17,18). The molecule has 8 heteroatoms. The minimum absolute atomic E-state index is 0.213. The van der Waals surface area contributed by atoms with Crippen LogP contribution in [0.3, 0.4) is 0 Å². The van der Waals surface area contributed by atoms with Crippen LogP contribution in [0.15, 0.2) is 45.8 Å². The van der Waals surface area contributed by atoms with Gasteiger partial charge in [0.15, 0.2) is 0 Å². The predicted molar refractivity (Wildman–Crippen MR) is 80.5 cm³/mol. The van der Waals surface area contributed by atoms with Crippen LogP contribution in [-0.4, -0.2) is 13.0 Å². The van der Waals surface area contributed by atoms with E-state index in [9.17, 15) is 8.42 Å². The molecule has 0 aliphatic rings. The van der Waals surface area contributed by atoms with E-state index >= 15 is 0 Å². The van der Waals surface area contributed by atoms with Crippen LogP contribution in [0.1, 0.15) is 0 Å². The molecule has 0 saturated carbocycles. The van der Waals surface area contributed by atoms with Crippen molar-refractivity contribution >= 4 is 49.2 Å². The van der Waals surface area contributed by atoms with Gasteiger partial charge in [-0.3, -0.25) is 4.55 Å². The fraction of sp³-hybridized carbons (Fsp3) is 0. The Kier molecular flexibility index (Phi) is 4.61. The Morgan fingerprint density at radius 3 is 2.40 bits per heavy atom. The van der Waals surface area contributed by atoms with E-state index in [0.29, 0.717) is 10.8 Å². The lowest BCUT2D eigenvalue weighted by Crippen LogP contribution is -1.99. The molecule has 0 radical (unpaired) electrons. The highest BCUT2D eigenvalue weighted by Crippen LogP contribution is 2.34. The second-order valence-electron chi connectivity index (χ2n) is 3.74. The summed E-state index contributed by atoms with van der Waals surface area (Å²) in [5, 5.41) is 0.741. The summed E-state index contributed by atoms with van der Waals surface area (Å²) in [6.07, 6.45) is 0. The van der Waals surface area contributed by atoms with Crippen LogP contribution in [-0.2, 0) is 10.1 Å². The van der Waals surface area contributed by atoms with Crippen molar-refractivity contribution in [2.75, 3.05) is 0 Å². The third kappa shape index (κ3) is 3.65. The average molecular weight is 398 g/mol. The first kappa shape index (κ1) is 15.6. The molecule has 2 aromatic carbocycles. The Morgan fingerprint density at radius 1 is 1.10 bits per heavy atom. The molecule has 0 fully saturated rings. The van der Waals surface area contributed by atoms with Gasteiger partial charge in [-0.2, -0.15) is 8.42 Å². The summed E-state index contributed by atoms with van der Waals surface area (Å²) in [4.78, 5) is -0.292. The van der Waals surface area contributed by atoms with Crippen molar-refractivity contribution in [3.63, 3.8) is 0 Å². The lowest BCUT2D eigenvalue weighted by Gasteiger charge is -2.09. The minimum Gasteiger partial charge on any atom is -0.456 e. The Labute approximate surface area is 134 Å². The zero-order valence-electron chi connectivity index (χ0n) is 9.68. The largest absolute Gasteiger partial charge is 0.456 e. The van der Waals surface area contributed by atoms with Crippen molar-refractivity contribution in [1.29, 1.82) is 0 Å². The molecule has 0 aromatic heterocycles. The second kappa shape index (κ2) is 5.91. The molecule has 2 aromatic rings. The van der Waals surface area contributed by atoms with Crippen molar-refractivity contribution in [2.45, 2.75) is 4.90 Å². The molecule has 4 nitrogen and oxygen atoms in total. The Morgan fingerprint density at radius 2 is 1.80 bits per heavy atom. The SMILES string of the molecule is O=S(=O)(O)c1cc(Oc2ccc(Cl)cc2Cl)ccc1Br. The van der Waals surface area contributed by atoms with Gasteiger partial charge in [0.1, 0.15) is 16.4 Å². The monoisotopic (exact) mass is 396 g/mol. The van der Waals surface area contributed by atoms with Gasteiger partial charge in [-0.1, -0.05) is 23.2 Å². The fourth-order valence-corrected chi connectivity index (χ4v) is 3.32. The third-order valence-corrected chi connectivity index (χ3v) is 4.68. The summed E-state index contributed by atoms with van der Waals surface area (Å²) in [6.45, 7) is 0. The molecule has 1 N–H and O–H groups in total. The van der Waals surface area contributed by atoms with Gasteiger partial charge in [-0.15, -0.1) is 0 Å². The van der Waals surface area contributed by atoms with Crippen molar-refractivity contribution in [1.82, 2.24) is 0 Å². The van der Waals surface area contributed by atoms with E-state index in [-0.39, 0.29) is 20.1 Å². The van der Waals surface area contributed by atoms with E-state index in [1.165, 1.54) is 24.3 Å². The van der Waals surface area contributed by atoms with Gasteiger partial charge in [-0.05, 0) is 46.3 Å². The molecule has 0 unspecified atom stereocenters. The minimum atomic E-state index is -4.35. The molecular weight excluding hydrogens is 391 g/mol. The Bertz CT molecular complexity index is 762. The van der Waals surface area contributed by atoms with Gasteiger partial charge in [-0.25, -0.2) is 0 Å². The first-order chi connectivity index (χ1) is 9.27. The maximum atomic E-state index is 11.2. The van der Waals surface area contributed by atoms with Gasteiger partial charge in [0.2, 0.25) is 0 Å². The smallest absolute Gasteiger partial charge is 0.295 e. The molecule has 0 amide bonds. The van der Waals surface area contributed by atoms with Crippen LogP contribution in [0.4, 0.5) is 0 Å². The van der Waals surface area contributed by atoms with Gasteiger partial charge in [0.25, 0.3) is 10.1 Å². The average Bonchev–Trinajstić information content (AvgIpc) is 2.33. The highest BCUT2D eigenvalue weighted by molar-refractivity contribution is 9.10. The molecule has 0 heterocycles. The fourth-order valence-electron chi connectivity index (χ4n) is 1.43. The highest BCUT2D eigenvalue weighted by atomic mass is 79.9. The van der Waals surface area contributed by atoms with Gasteiger partial charge in [0, 0.05) is 15.6 Å². The van der Waals surface area contributed by atoms with E-state index in [4.69, 9.17) is 32.5 Å². The van der Waals surface area contributed by atoms with Crippen LogP contribution >= 0.6 is 39.1 Å². The molecule has 20 heavy (non-hydrogen) atoms. The molecule has 0 saturated heterocycles. The lowest BCUT2D eigenvalue weighted by molar-refractivity contribution is 0.471.